The zero-order valence-corrected chi connectivity index (χ0v) is 15.6. The summed E-state index contributed by atoms with van der Waals surface area (Å²) in [6.07, 6.45) is 0. The van der Waals surface area contributed by atoms with Gasteiger partial charge in [-0.2, -0.15) is 0 Å². The highest BCUT2D eigenvalue weighted by Gasteiger charge is 2.14. The van der Waals surface area contributed by atoms with Gasteiger partial charge in [0.15, 0.2) is 0 Å². The molecule has 0 heterocycles. The summed E-state index contributed by atoms with van der Waals surface area (Å²) in [6, 6.07) is 11.9. The Morgan fingerprint density at radius 3 is 2.40 bits per heavy atom. The van der Waals surface area contributed by atoms with E-state index in [0.29, 0.717) is 26.4 Å². The minimum atomic E-state index is -0.335. The van der Waals surface area contributed by atoms with Crippen LogP contribution in [0.15, 0.2) is 42.5 Å². The third kappa shape index (κ3) is 5.81. The van der Waals surface area contributed by atoms with E-state index in [0.717, 1.165) is 0 Å². The molecule has 0 saturated carbocycles. The smallest absolute Gasteiger partial charge is 0.244 e. The SMILES string of the molecule is CN(CC(=O)Nc1ccccc1Cl)C(=O)CNc1ccc(Cl)c(Cl)c1. The number of benzene rings is 2. The van der Waals surface area contributed by atoms with Crippen molar-refractivity contribution >= 4 is 58.0 Å². The predicted octanol–water partition coefficient (Wildman–Crippen LogP) is 4.16. The summed E-state index contributed by atoms with van der Waals surface area (Å²) in [5, 5.41) is 6.87. The second-order valence-electron chi connectivity index (χ2n) is 5.26. The maximum Gasteiger partial charge on any atom is 0.244 e. The van der Waals surface area contributed by atoms with E-state index in [-0.39, 0.29) is 24.9 Å². The van der Waals surface area contributed by atoms with Crippen molar-refractivity contribution in [2.45, 2.75) is 0 Å². The molecule has 2 aromatic carbocycles. The van der Waals surface area contributed by atoms with Crippen molar-refractivity contribution in [2.24, 2.45) is 0 Å². The number of carbonyl (C=O) groups excluding carboxylic acids is 2. The van der Waals surface area contributed by atoms with Crippen LogP contribution in [0.5, 0.6) is 0 Å². The number of amides is 2. The van der Waals surface area contributed by atoms with E-state index in [4.69, 9.17) is 34.8 Å². The van der Waals surface area contributed by atoms with Gasteiger partial charge in [-0.15, -0.1) is 0 Å². The first-order valence-electron chi connectivity index (χ1n) is 7.34. The van der Waals surface area contributed by atoms with E-state index < -0.39 is 0 Å². The Labute approximate surface area is 160 Å². The number of hydrogen-bond donors (Lipinski definition) is 2. The summed E-state index contributed by atoms with van der Waals surface area (Å²) < 4.78 is 0. The second kappa shape index (κ2) is 8.94. The van der Waals surface area contributed by atoms with E-state index in [1.807, 2.05) is 0 Å². The molecule has 5 nitrogen and oxygen atoms in total. The molecule has 0 bridgehead atoms. The molecule has 0 fully saturated rings. The lowest BCUT2D eigenvalue weighted by Crippen LogP contribution is -2.38. The highest BCUT2D eigenvalue weighted by molar-refractivity contribution is 6.42. The Hall–Kier alpha value is -1.95. The number of para-hydroxylation sites is 1. The van der Waals surface area contributed by atoms with Crippen LogP contribution in [0.4, 0.5) is 11.4 Å². The van der Waals surface area contributed by atoms with E-state index in [1.165, 1.54) is 4.90 Å². The molecular weight excluding hydrogens is 385 g/mol. The molecule has 0 saturated heterocycles. The molecule has 0 aromatic heterocycles. The molecule has 8 heteroatoms. The number of hydrogen-bond acceptors (Lipinski definition) is 3. The Kier molecular flexibility index (Phi) is 6.93. The molecule has 0 aliphatic carbocycles. The van der Waals surface area contributed by atoms with Crippen molar-refractivity contribution in [3.8, 4) is 0 Å². The fourth-order valence-corrected chi connectivity index (χ4v) is 2.46. The standard InChI is InChI=1S/C17H16Cl3N3O2/c1-23(10-16(24)22-15-5-3-2-4-13(15)19)17(25)9-21-11-6-7-12(18)14(20)8-11/h2-8,21H,9-10H2,1H3,(H,22,24). The zero-order chi connectivity index (χ0) is 18.4. The lowest BCUT2D eigenvalue weighted by atomic mass is 10.3. The third-order valence-electron chi connectivity index (χ3n) is 3.32. The average molecular weight is 401 g/mol. The Balaban J connectivity index is 1.84. The van der Waals surface area contributed by atoms with Crippen molar-refractivity contribution in [1.82, 2.24) is 4.90 Å². The Morgan fingerprint density at radius 2 is 1.72 bits per heavy atom. The van der Waals surface area contributed by atoms with E-state index in [1.54, 1.807) is 49.5 Å². The second-order valence-corrected chi connectivity index (χ2v) is 6.48. The van der Waals surface area contributed by atoms with Gasteiger partial charge in [-0.1, -0.05) is 46.9 Å². The number of nitrogens with zero attached hydrogens (tertiary/aromatic N) is 1. The fourth-order valence-electron chi connectivity index (χ4n) is 1.97. The van der Waals surface area contributed by atoms with Crippen LogP contribution in [0.3, 0.4) is 0 Å². The Morgan fingerprint density at radius 1 is 1.00 bits per heavy atom. The molecule has 25 heavy (non-hydrogen) atoms. The number of carbonyl (C=O) groups is 2. The van der Waals surface area contributed by atoms with Gasteiger partial charge < -0.3 is 15.5 Å². The first kappa shape index (κ1) is 19.4. The molecule has 0 aliphatic heterocycles. The van der Waals surface area contributed by atoms with Crippen LogP contribution < -0.4 is 10.6 Å². The van der Waals surface area contributed by atoms with Crippen molar-refractivity contribution in [3.63, 3.8) is 0 Å². The molecule has 132 valence electrons. The van der Waals surface area contributed by atoms with Crippen LogP contribution in [0, 0.1) is 0 Å². The summed E-state index contributed by atoms with van der Waals surface area (Å²) in [5.41, 5.74) is 1.17. The van der Waals surface area contributed by atoms with Crippen molar-refractivity contribution in [3.05, 3.63) is 57.5 Å². The number of rotatable bonds is 6. The van der Waals surface area contributed by atoms with Gasteiger partial charge in [-0.05, 0) is 30.3 Å². The van der Waals surface area contributed by atoms with Gasteiger partial charge >= 0.3 is 0 Å². The van der Waals surface area contributed by atoms with E-state index in [2.05, 4.69) is 10.6 Å². The molecule has 2 aromatic rings. The number of halogens is 3. The largest absolute Gasteiger partial charge is 0.376 e. The van der Waals surface area contributed by atoms with Gasteiger partial charge in [0, 0.05) is 12.7 Å². The molecule has 2 rings (SSSR count). The first-order chi connectivity index (χ1) is 11.9. The summed E-state index contributed by atoms with van der Waals surface area (Å²) in [5.74, 6) is -0.584. The van der Waals surface area contributed by atoms with Gasteiger partial charge in [0.25, 0.3) is 0 Å². The normalized spacial score (nSPS) is 10.2. The van der Waals surface area contributed by atoms with Gasteiger partial charge in [-0.3, -0.25) is 9.59 Å². The first-order valence-corrected chi connectivity index (χ1v) is 8.47. The van der Waals surface area contributed by atoms with Gasteiger partial charge in [0.2, 0.25) is 11.8 Å². The summed E-state index contributed by atoms with van der Waals surface area (Å²) in [6.45, 7) is -0.0685. The molecular formula is C17H16Cl3N3O2. The third-order valence-corrected chi connectivity index (χ3v) is 4.39. The number of anilines is 2. The maximum atomic E-state index is 12.1. The fraction of sp³-hybridized carbons (Fsp3) is 0.176. The van der Waals surface area contributed by atoms with Crippen LogP contribution in [0.1, 0.15) is 0 Å². The number of likely N-dealkylation sites (N-methyl/N-ethyl adjacent to an activating group) is 1. The van der Waals surface area contributed by atoms with E-state index >= 15 is 0 Å². The minimum Gasteiger partial charge on any atom is -0.376 e. The van der Waals surface area contributed by atoms with Crippen LogP contribution in [-0.2, 0) is 9.59 Å². The monoisotopic (exact) mass is 399 g/mol. The summed E-state index contributed by atoms with van der Waals surface area (Å²) >= 11 is 17.7. The molecule has 0 unspecified atom stereocenters. The van der Waals surface area contributed by atoms with Crippen LogP contribution in [0.2, 0.25) is 15.1 Å². The van der Waals surface area contributed by atoms with Gasteiger partial charge in [0.1, 0.15) is 0 Å². The molecule has 0 aliphatic rings. The van der Waals surface area contributed by atoms with Crippen LogP contribution >= 0.6 is 34.8 Å². The maximum absolute atomic E-state index is 12.1. The lowest BCUT2D eigenvalue weighted by Gasteiger charge is -2.18. The lowest BCUT2D eigenvalue weighted by molar-refractivity contribution is -0.131. The molecule has 0 radical (unpaired) electrons. The zero-order valence-electron chi connectivity index (χ0n) is 13.4. The molecule has 0 atom stereocenters. The highest BCUT2D eigenvalue weighted by atomic mass is 35.5. The topological polar surface area (TPSA) is 61.4 Å². The minimum absolute atomic E-state index is 0.0217. The van der Waals surface area contributed by atoms with E-state index in [9.17, 15) is 9.59 Å². The Bertz CT molecular complexity index is 783. The quantitative estimate of drug-likeness (QED) is 0.765. The van der Waals surface area contributed by atoms with Crippen molar-refractivity contribution in [2.75, 3.05) is 30.8 Å². The van der Waals surface area contributed by atoms with Crippen molar-refractivity contribution in [1.29, 1.82) is 0 Å². The summed E-state index contributed by atoms with van der Waals surface area (Å²) in [4.78, 5) is 25.5. The van der Waals surface area contributed by atoms with Crippen molar-refractivity contribution < 1.29 is 9.59 Å². The molecule has 2 N–H and O–H groups in total. The predicted molar refractivity (Wildman–Crippen MR) is 103 cm³/mol. The summed E-state index contributed by atoms with van der Waals surface area (Å²) in [7, 11) is 1.55. The molecule has 2 amide bonds. The molecule has 0 spiro atoms. The number of nitrogens with one attached hydrogen (secondary N) is 2. The van der Waals surface area contributed by atoms with Gasteiger partial charge in [0.05, 0.1) is 33.8 Å². The van der Waals surface area contributed by atoms with Crippen LogP contribution in [-0.4, -0.2) is 36.9 Å². The average Bonchev–Trinajstić information content (AvgIpc) is 2.57. The van der Waals surface area contributed by atoms with Crippen LogP contribution in [0.25, 0.3) is 0 Å². The van der Waals surface area contributed by atoms with Gasteiger partial charge in [-0.25, -0.2) is 0 Å². The highest BCUT2D eigenvalue weighted by Crippen LogP contribution is 2.25.